The van der Waals surface area contributed by atoms with Crippen LogP contribution in [0.25, 0.3) is 11.0 Å². The monoisotopic (exact) mass is 560 g/mol. The molecule has 0 atom stereocenters. The molecular formula is C29H33FN8O3. The van der Waals surface area contributed by atoms with E-state index in [4.69, 9.17) is 4.74 Å². The topological polar surface area (TPSA) is 128 Å². The third-order valence-corrected chi connectivity index (χ3v) is 6.62. The number of H-pyrrole nitrogens is 1. The fourth-order valence-electron chi connectivity index (χ4n) is 4.83. The van der Waals surface area contributed by atoms with Crippen LogP contribution in [0.2, 0.25) is 0 Å². The highest BCUT2D eigenvalue weighted by atomic mass is 19.1. The number of anilines is 5. The molecule has 4 aromatic rings. The number of hydrogen-bond donors (Lipinski definition) is 4. The van der Waals surface area contributed by atoms with E-state index in [-0.39, 0.29) is 29.1 Å². The van der Waals surface area contributed by atoms with Crippen molar-refractivity contribution >= 4 is 51.7 Å². The Labute approximate surface area is 237 Å². The van der Waals surface area contributed by atoms with Crippen LogP contribution in [0.4, 0.5) is 33.2 Å². The van der Waals surface area contributed by atoms with Gasteiger partial charge >= 0.3 is 0 Å². The van der Waals surface area contributed by atoms with Gasteiger partial charge in [0.1, 0.15) is 23.0 Å². The van der Waals surface area contributed by atoms with Gasteiger partial charge in [0.25, 0.3) is 5.91 Å². The summed E-state index contributed by atoms with van der Waals surface area (Å²) in [7, 11) is 5.30. The van der Waals surface area contributed by atoms with E-state index in [1.54, 1.807) is 30.3 Å². The molecule has 11 nitrogen and oxygen atoms in total. The van der Waals surface area contributed by atoms with E-state index in [0.29, 0.717) is 41.4 Å². The number of nitrogens with zero attached hydrogens (tertiary/aromatic N) is 4. The zero-order valence-electron chi connectivity index (χ0n) is 23.6. The Morgan fingerprint density at radius 1 is 1.15 bits per heavy atom. The predicted molar refractivity (Wildman–Crippen MR) is 157 cm³/mol. The maximum Gasteiger partial charge on any atom is 0.256 e. The number of hydrogen-bond acceptors (Lipinski definition) is 8. The lowest BCUT2D eigenvalue weighted by molar-refractivity contribution is -0.119. The van der Waals surface area contributed by atoms with Gasteiger partial charge < -0.3 is 35.5 Å². The van der Waals surface area contributed by atoms with Gasteiger partial charge in [0.05, 0.1) is 36.0 Å². The van der Waals surface area contributed by atoms with Gasteiger partial charge in [-0.3, -0.25) is 9.59 Å². The van der Waals surface area contributed by atoms with Crippen molar-refractivity contribution in [2.24, 2.45) is 0 Å². The summed E-state index contributed by atoms with van der Waals surface area (Å²) in [5, 5.41) is 9.75. The minimum absolute atomic E-state index is 0.00723. The second-order valence-corrected chi connectivity index (χ2v) is 10.4. The number of ether oxygens (including phenoxy) is 1. The van der Waals surface area contributed by atoms with Crippen molar-refractivity contribution in [1.82, 2.24) is 25.2 Å². The van der Waals surface area contributed by atoms with Crippen LogP contribution in [0, 0.1) is 5.82 Å². The first-order chi connectivity index (χ1) is 19.6. The maximum atomic E-state index is 14.8. The van der Waals surface area contributed by atoms with Crippen LogP contribution < -0.4 is 25.6 Å². The highest BCUT2D eigenvalue weighted by molar-refractivity contribution is 6.02. The van der Waals surface area contributed by atoms with Crippen molar-refractivity contribution in [3.63, 3.8) is 0 Å². The number of benzene rings is 2. The quantitative estimate of drug-likeness (QED) is 0.240. The number of carbonyl (C=O) groups excluding carboxylic acids is 2. The molecule has 0 bridgehead atoms. The van der Waals surface area contributed by atoms with Gasteiger partial charge in [-0.2, -0.15) is 9.97 Å². The van der Waals surface area contributed by atoms with Crippen LogP contribution in [-0.2, 0) is 11.2 Å². The minimum Gasteiger partial charge on any atom is -0.495 e. The summed E-state index contributed by atoms with van der Waals surface area (Å²) in [5.41, 5.74) is 3.08. The largest absolute Gasteiger partial charge is 0.495 e. The van der Waals surface area contributed by atoms with Crippen molar-refractivity contribution in [3.8, 4) is 5.75 Å². The van der Waals surface area contributed by atoms with Crippen LogP contribution in [0.3, 0.4) is 0 Å². The molecule has 0 saturated carbocycles. The number of likely N-dealkylation sites (N-methyl/N-ethyl adjacent to an activating group) is 1. The summed E-state index contributed by atoms with van der Waals surface area (Å²) < 4.78 is 20.5. The highest BCUT2D eigenvalue weighted by Gasteiger charge is 2.27. The average molecular weight is 561 g/mol. The van der Waals surface area contributed by atoms with Crippen LogP contribution in [0.15, 0.2) is 42.6 Å². The zero-order valence-corrected chi connectivity index (χ0v) is 23.6. The number of halogens is 1. The average Bonchev–Trinajstić information content (AvgIpc) is 3.54. The summed E-state index contributed by atoms with van der Waals surface area (Å²) in [6.07, 6.45) is 2.45. The van der Waals surface area contributed by atoms with Gasteiger partial charge in [-0.05, 0) is 70.3 Å². The van der Waals surface area contributed by atoms with Gasteiger partial charge in [-0.25, -0.2) is 4.39 Å². The summed E-state index contributed by atoms with van der Waals surface area (Å²) in [4.78, 5) is 41.7. The maximum absolute atomic E-state index is 14.8. The molecule has 3 heterocycles. The van der Waals surface area contributed by atoms with Crippen molar-refractivity contribution in [1.29, 1.82) is 0 Å². The second-order valence-electron chi connectivity index (χ2n) is 10.4. The Morgan fingerprint density at radius 2 is 1.95 bits per heavy atom. The van der Waals surface area contributed by atoms with E-state index >= 15 is 0 Å². The number of amides is 2. The zero-order chi connectivity index (χ0) is 29.3. The molecule has 4 N–H and O–H groups in total. The van der Waals surface area contributed by atoms with Gasteiger partial charge in [-0.1, -0.05) is 6.07 Å². The molecule has 2 aromatic heterocycles. The number of aromatic amines is 1. The Morgan fingerprint density at radius 3 is 2.68 bits per heavy atom. The molecule has 0 radical (unpaired) electrons. The molecule has 12 heteroatoms. The molecule has 0 fully saturated rings. The van der Waals surface area contributed by atoms with Gasteiger partial charge in [-0.15, -0.1) is 0 Å². The van der Waals surface area contributed by atoms with Crippen molar-refractivity contribution in [3.05, 3.63) is 59.5 Å². The predicted octanol–water partition coefficient (Wildman–Crippen LogP) is 4.18. The first-order valence-electron chi connectivity index (χ1n) is 13.3. The van der Waals surface area contributed by atoms with E-state index in [9.17, 15) is 14.0 Å². The van der Waals surface area contributed by atoms with Gasteiger partial charge in [0.15, 0.2) is 0 Å². The van der Waals surface area contributed by atoms with Gasteiger partial charge in [0.2, 0.25) is 11.9 Å². The van der Waals surface area contributed by atoms with Crippen LogP contribution in [0.1, 0.15) is 29.8 Å². The van der Waals surface area contributed by atoms with Gasteiger partial charge in [0, 0.05) is 24.5 Å². The number of rotatable bonds is 9. The number of nitrogens with one attached hydrogen (secondary N) is 4. The fraction of sp³-hybridized carbons (Fsp3) is 0.310. The summed E-state index contributed by atoms with van der Waals surface area (Å²) in [6.45, 7) is 4.51. The first-order valence-corrected chi connectivity index (χ1v) is 13.3. The fourth-order valence-corrected chi connectivity index (χ4v) is 4.83. The standard InChI is InChI=1S/C29H33FN8O3/c1-16(2)32-28(40)25-19(30)7-6-8-20(25)33-27-18-9-11-31-26(18)35-29(36-27)34-21-14-22-17(13-23(21)41-5)10-12-38(22)24(39)15-37(3)4/h6-9,11,13-14,16H,10,12,15H2,1-5H3,(H,32,40)(H3,31,33,34,35,36). The third-order valence-electron chi connectivity index (χ3n) is 6.62. The van der Waals surface area contributed by atoms with E-state index in [2.05, 4.69) is 30.9 Å². The molecule has 0 spiro atoms. The van der Waals surface area contributed by atoms with Crippen LogP contribution in [-0.4, -0.2) is 72.0 Å². The Hall–Kier alpha value is -4.71. The number of fused-ring (bicyclic) bond motifs is 2. The molecule has 0 saturated heterocycles. The molecule has 1 aliphatic rings. The Kier molecular flexibility index (Phi) is 7.75. The summed E-state index contributed by atoms with van der Waals surface area (Å²) in [5.74, 6) is -0.00193. The third kappa shape index (κ3) is 5.78. The smallest absolute Gasteiger partial charge is 0.256 e. The van der Waals surface area contributed by atoms with Crippen LogP contribution >= 0.6 is 0 Å². The molecule has 5 rings (SSSR count). The Bertz CT molecular complexity index is 1620. The number of aromatic nitrogens is 3. The van der Waals surface area contributed by atoms with Crippen molar-refractivity contribution < 1.29 is 18.7 Å². The molecule has 1 aliphatic heterocycles. The van der Waals surface area contributed by atoms with E-state index in [0.717, 1.165) is 17.7 Å². The van der Waals surface area contributed by atoms with E-state index in [1.807, 2.05) is 45.0 Å². The molecule has 2 aromatic carbocycles. The molecule has 2 amide bonds. The van der Waals surface area contributed by atoms with Crippen molar-refractivity contribution in [2.45, 2.75) is 26.3 Å². The molecular weight excluding hydrogens is 527 g/mol. The Balaban J connectivity index is 1.51. The summed E-state index contributed by atoms with van der Waals surface area (Å²) >= 11 is 0. The SMILES string of the molecule is COc1cc2c(cc1Nc1nc(Nc3cccc(F)c3C(=O)NC(C)C)c3cc[nH]c3n1)N(C(=O)CN(C)C)CC2. The number of carbonyl (C=O) groups is 2. The second kappa shape index (κ2) is 11.4. The molecule has 41 heavy (non-hydrogen) atoms. The summed E-state index contributed by atoms with van der Waals surface area (Å²) in [6, 6.07) is 9.79. The van der Waals surface area contributed by atoms with E-state index < -0.39 is 11.7 Å². The first kappa shape index (κ1) is 27.8. The number of methoxy groups -OCH3 is 1. The highest BCUT2D eigenvalue weighted by Crippen LogP contribution is 2.39. The van der Waals surface area contributed by atoms with E-state index in [1.165, 1.54) is 12.1 Å². The lowest BCUT2D eigenvalue weighted by atomic mass is 10.1. The minimum atomic E-state index is -0.651. The lowest BCUT2D eigenvalue weighted by Gasteiger charge is -2.21. The molecule has 0 aliphatic carbocycles. The van der Waals surface area contributed by atoms with Crippen molar-refractivity contribution in [2.75, 3.05) is 49.8 Å². The lowest BCUT2D eigenvalue weighted by Crippen LogP contribution is -2.36. The molecule has 214 valence electrons. The molecule has 0 unspecified atom stereocenters. The normalized spacial score (nSPS) is 12.6. The van der Waals surface area contributed by atoms with Crippen LogP contribution in [0.5, 0.6) is 5.75 Å².